The van der Waals surface area contributed by atoms with Gasteiger partial charge in [-0.1, -0.05) is 15.9 Å². The molecule has 0 radical (unpaired) electrons. The predicted molar refractivity (Wildman–Crippen MR) is 80.9 cm³/mol. The van der Waals surface area contributed by atoms with Crippen LogP contribution in [0.5, 0.6) is 5.75 Å². The van der Waals surface area contributed by atoms with Gasteiger partial charge in [0.1, 0.15) is 11.4 Å². The van der Waals surface area contributed by atoms with Crippen molar-refractivity contribution in [1.29, 1.82) is 0 Å². The smallest absolute Gasteiger partial charge is 0.311 e. The third kappa shape index (κ3) is 2.83. The minimum absolute atomic E-state index is 0.123. The van der Waals surface area contributed by atoms with Crippen LogP contribution in [0, 0.1) is 5.92 Å². The molecule has 1 aromatic carbocycles. The highest BCUT2D eigenvalue weighted by molar-refractivity contribution is 9.11. The molecule has 1 unspecified atom stereocenters. The van der Waals surface area contributed by atoms with Crippen molar-refractivity contribution >= 4 is 49.4 Å². The Morgan fingerprint density at radius 2 is 2.05 bits per heavy atom. The molecule has 0 N–H and O–H groups in total. The standard InChI is InChI=1S/C13H13Br2NO4/c1-19-10-5-8(14)4-9(15)12(10)16-6-7(3-11(16)17)13(18)20-2/h4-5,7H,3,6H2,1-2H3. The lowest BCUT2D eigenvalue weighted by Crippen LogP contribution is -2.27. The van der Waals surface area contributed by atoms with Crippen LogP contribution < -0.4 is 9.64 Å². The zero-order valence-electron chi connectivity index (χ0n) is 11.0. The van der Waals surface area contributed by atoms with Gasteiger partial charge in [0.25, 0.3) is 0 Å². The molecule has 0 bridgehead atoms. The summed E-state index contributed by atoms with van der Waals surface area (Å²) in [6.07, 6.45) is 0.151. The van der Waals surface area contributed by atoms with E-state index in [-0.39, 0.29) is 18.3 Å². The van der Waals surface area contributed by atoms with Crippen molar-refractivity contribution < 1.29 is 19.1 Å². The first-order chi connectivity index (χ1) is 9.47. The minimum Gasteiger partial charge on any atom is -0.494 e. The Bertz CT molecular complexity index is 562. The number of esters is 1. The van der Waals surface area contributed by atoms with Crippen molar-refractivity contribution in [3.05, 3.63) is 21.1 Å². The lowest BCUT2D eigenvalue weighted by Gasteiger charge is -2.21. The highest BCUT2D eigenvalue weighted by Gasteiger charge is 2.37. The topological polar surface area (TPSA) is 55.8 Å². The summed E-state index contributed by atoms with van der Waals surface area (Å²) in [5.41, 5.74) is 0.632. The maximum atomic E-state index is 12.1. The van der Waals surface area contributed by atoms with Gasteiger partial charge in [0.15, 0.2) is 0 Å². The zero-order chi connectivity index (χ0) is 14.9. The highest BCUT2D eigenvalue weighted by Crippen LogP contribution is 2.41. The van der Waals surface area contributed by atoms with E-state index in [9.17, 15) is 9.59 Å². The van der Waals surface area contributed by atoms with E-state index in [2.05, 4.69) is 31.9 Å². The van der Waals surface area contributed by atoms with Crippen LogP contribution in [0.3, 0.4) is 0 Å². The predicted octanol–water partition coefficient (Wildman–Crippen LogP) is 2.75. The van der Waals surface area contributed by atoms with E-state index in [4.69, 9.17) is 9.47 Å². The van der Waals surface area contributed by atoms with E-state index in [1.807, 2.05) is 6.07 Å². The van der Waals surface area contributed by atoms with Crippen molar-refractivity contribution in [2.75, 3.05) is 25.7 Å². The van der Waals surface area contributed by atoms with E-state index in [0.717, 1.165) is 8.95 Å². The molecule has 0 aromatic heterocycles. The average molecular weight is 407 g/mol. The van der Waals surface area contributed by atoms with Crippen LogP contribution in [0.4, 0.5) is 5.69 Å². The van der Waals surface area contributed by atoms with Gasteiger partial charge in [-0.05, 0) is 28.1 Å². The van der Waals surface area contributed by atoms with E-state index in [1.54, 1.807) is 11.0 Å². The summed E-state index contributed by atoms with van der Waals surface area (Å²) in [4.78, 5) is 25.3. The second-order valence-corrected chi connectivity index (χ2v) is 6.14. The lowest BCUT2D eigenvalue weighted by molar-refractivity contribution is -0.145. The fourth-order valence-electron chi connectivity index (χ4n) is 2.21. The van der Waals surface area contributed by atoms with Crippen LogP contribution in [0.15, 0.2) is 21.1 Å². The molecule has 0 saturated carbocycles. The molecular weight excluding hydrogens is 394 g/mol. The molecule has 108 valence electrons. The molecule has 1 atom stereocenters. The molecule has 0 aliphatic carbocycles. The van der Waals surface area contributed by atoms with Gasteiger partial charge in [-0.25, -0.2) is 0 Å². The molecule has 1 saturated heterocycles. The van der Waals surface area contributed by atoms with Gasteiger partial charge in [-0.15, -0.1) is 0 Å². The van der Waals surface area contributed by atoms with Crippen molar-refractivity contribution in [2.45, 2.75) is 6.42 Å². The number of halogens is 2. The van der Waals surface area contributed by atoms with Crippen LogP contribution in [0.2, 0.25) is 0 Å². The van der Waals surface area contributed by atoms with E-state index in [0.29, 0.717) is 18.0 Å². The first-order valence-corrected chi connectivity index (χ1v) is 7.47. The minimum atomic E-state index is -0.437. The highest BCUT2D eigenvalue weighted by atomic mass is 79.9. The number of amides is 1. The van der Waals surface area contributed by atoms with Crippen molar-refractivity contribution in [2.24, 2.45) is 5.92 Å². The summed E-state index contributed by atoms with van der Waals surface area (Å²) in [7, 11) is 2.86. The third-order valence-corrected chi connectivity index (χ3v) is 4.20. The molecule has 1 fully saturated rings. The summed E-state index contributed by atoms with van der Waals surface area (Å²) in [6.45, 7) is 0.294. The molecule has 7 heteroatoms. The Kier molecular flexibility index (Phi) is 4.70. The summed E-state index contributed by atoms with van der Waals surface area (Å²) in [6, 6.07) is 3.61. The number of hydrogen-bond donors (Lipinski definition) is 0. The number of anilines is 1. The maximum absolute atomic E-state index is 12.1. The Balaban J connectivity index is 2.37. The maximum Gasteiger partial charge on any atom is 0.311 e. The number of hydrogen-bond acceptors (Lipinski definition) is 4. The van der Waals surface area contributed by atoms with E-state index < -0.39 is 5.92 Å². The number of carbonyl (C=O) groups is 2. The molecule has 2 rings (SSSR count). The number of carbonyl (C=O) groups excluding carboxylic acids is 2. The molecule has 1 aromatic rings. The van der Waals surface area contributed by atoms with Crippen LogP contribution in [0.25, 0.3) is 0 Å². The van der Waals surface area contributed by atoms with Crippen molar-refractivity contribution in [3.8, 4) is 5.75 Å². The molecule has 1 heterocycles. The quantitative estimate of drug-likeness (QED) is 0.724. The Morgan fingerprint density at radius 3 is 2.65 bits per heavy atom. The fourth-order valence-corrected chi connectivity index (χ4v) is 3.61. The summed E-state index contributed by atoms with van der Waals surface area (Å²) < 4.78 is 11.6. The largest absolute Gasteiger partial charge is 0.494 e. The molecule has 1 amide bonds. The molecule has 5 nitrogen and oxygen atoms in total. The summed E-state index contributed by atoms with van der Waals surface area (Å²) >= 11 is 6.80. The van der Waals surface area contributed by atoms with Crippen molar-refractivity contribution in [1.82, 2.24) is 0 Å². The zero-order valence-corrected chi connectivity index (χ0v) is 14.2. The average Bonchev–Trinajstić information content (AvgIpc) is 2.78. The normalized spacial score (nSPS) is 18.3. The number of benzene rings is 1. The number of nitrogens with zero attached hydrogens (tertiary/aromatic N) is 1. The van der Waals surface area contributed by atoms with Gasteiger partial charge in [0.2, 0.25) is 5.91 Å². The first-order valence-electron chi connectivity index (χ1n) is 5.89. The summed E-state index contributed by atoms with van der Waals surface area (Å²) in [5, 5.41) is 0. The van der Waals surface area contributed by atoms with Gasteiger partial charge >= 0.3 is 5.97 Å². The monoisotopic (exact) mass is 405 g/mol. The molecular formula is C13H13Br2NO4. The second-order valence-electron chi connectivity index (χ2n) is 4.37. The number of methoxy groups -OCH3 is 2. The summed E-state index contributed by atoms with van der Waals surface area (Å²) in [5.74, 6) is -0.368. The Morgan fingerprint density at radius 1 is 1.35 bits per heavy atom. The van der Waals surface area contributed by atoms with Gasteiger partial charge in [0.05, 0.1) is 20.1 Å². The van der Waals surface area contributed by atoms with Crippen LogP contribution in [-0.4, -0.2) is 32.6 Å². The number of ether oxygens (including phenoxy) is 2. The Labute approximate surface area is 133 Å². The van der Waals surface area contributed by atoms with Crippen LogP contribution >= 0.6 is 31.9 Å². The first kappa shape index (κ1) is 15.3. The molecule has 20 heavy (non-hydrogen) atoms. The molecule has 1 aliphatic heterocycles. The lowest BCUT2D eigenvalue weighted by atomic mass is 10.1. The van der Waals surface area contributed by atoms with E-state index in [1.165, 1.54) is 14.2 Å². The van der Waals surface area contributed by atoms with Crippen LogP contribution in [-0.2, 0) is 14.3 Å². The number of rotatable bonds is 3. The third-order valence-electron chi connectivity index (χ3n) is 3.14. The van der Waals surface area contributed by atoms with Gasteiger partial charge in [0, 0.05) is 21.9 Å². The van der Waals surface area contributed by atoms with Gasteiger partial charge in [-0.2, -0.15) is 0 Å². The Hall–Kier alpha value is -1.08. The molecule has 0 spiro atoms. The van der Waals surface area contributed by atoms with Gasteiger partial charge in [-0.3, -0.25) is 9.59 Å². The molecule has 1 aliphatic rings. The SMILES string of the molecule is COC(=O)C1CC(=O)N(c2c(Br)cc(Br)cc2OC)C1. The van der Waals surface area contributed by atoms with Crippen molar-refractivity contribution in [3.63, 3.8) is 0 Å². The van der Waals surface area contributed by atoms with Gasteiger partial charge < -0.3 is 14.4 Å². The fraction of sp³-hybridized carbons (Fsp3) is 0.385. The second kappa shape index (κ2) is 6.13. The van der Waals surface area contributed by atoms with Crippen LogP contribution in [0.1, 0.15) is 6.42 Å². The van der Waals surface area contributed by atoms with E-state index >= 15 is 0 Å².